The van der Waals surface area contributed by atoms with Gasteiger partial charge in [0.05, 0.1) is 19.4 Å². The van der Waals surface area contributed by atoms with Crippen LogP contribution >= 0.6 is 15.9 Å². The summed E-state index contributed by atoms with van der Waals surface area (Å²) in [7, 11) is 1.67. The van der Waals surface area contributed by atoms with Crippen LogP contribution in [0.1, 0.15) is 28.9 Å². The Bertz CT molecular complexity index is 588. The van der Waals surface area contributed by atoms with E-state index in [-0.39, 0.29) is 0 Å². The summed E-state index contributed by atoms with van der Waals surface area (Å²) in [5.74, 6) is 0.871. The summed E-state index contributed by atoms with van der Waals surface area (Å²) in [6, 6.07) is 10.1. The summed E-state index contributed by atoms with van der Waals surface area (Å²) in [5.41, 5.74) is 4.58. The lowest BCUT2D eigenvalue weighted by Crippen LogP contribution is -2.00. The monoisotopic (exact) mass is 363 g/mol. The number of ether oxygens (including phenoxy) is 2. The van der Waals surface area contributed by atoms with Gasteiger partial charge in [-0.2, -0.15) is 0 Å². The van der Waals surface area contributed by atoms with E-state index in [0.717, 1.165) is 46.6 Å². The average Bonchev–Trinajstić information content (AvgIpc) is 2.52. The first kappa shape index (κ1) is 17.0. The molecule has 0 N–H and O–H groups in total. The van der Waals surface area contributed by atoms with Crippen molar-refractivity contribution in [2.75, 3.05) is 13.7 Å². The minimum Gasteiger partial charge on any atom is -0.497 e. The van der Waals surface area contributed by atoms with Gasteiger partial charge in [-0.15, -0.1) is 0 Å². The highest BCUT2D eigenvalue weighted by Crippen LogP contribution is 2.20. The molecule has 0 bridgehead atoms. The van der Waals surface area contributed by atoms with E-state index in [1.165, 1.54) is 5.56 Å². The second kappa shape index (κ2) is 8.30. The van der Waals surface area contributed by atoms with Crippen LogP contribution in [-0.2, 0) is 17.8 Å². The molecule has 0 saturated heterocycles. The van der Waals surface area contributed by atoms with E-state index < -0.39 is 0 Å². The van der Waals surface area contributed by atoms with Crippen LogP contribution in [0.25, 0.3) is 0 Å². The van der Waals surface area contributed by atoms with Crippen molar-refractivity contribution in [1.29, 1.82) is 0 Å². The SMILES string of the molecule is COc1ccc(COCCCc2cc(C)c(Br)c(C)n2)cc1. The molecule has 1 aromatic heterocycles. The van der Waals surface area contributed by atoms with E-state index in [9.17, 15) is 0 Å². The molecule has 0 unspecified atom stereocenters. The van der Waals surface area contributed by atoms with E-state index in [1.54, 1.807) is 7.11 Å². The van der Waals surface area contributed by atoms with Gasteiger partial charge in [-0.1, -0.05) is 12.1 Å². The molecule has 2 aromatic rings. The van der Waals surface area contributed by atoms with Crippen LogP contribution in [0, 0.1) is 13.8 Å². The molecule has 22 heavy (non-hydrogen) atoms. The molecule has 118 valence electrons. The number of aromatic nitrogens is 1. The molecule has 2 rings (SSSR count). The van der Waals surface area contributed by atoms with Gasteiger partial charge in [0.15, 0.2) is 0 Å². The van der Waals surface area contributed by atoms with Crippen LogP contribution in [0.4, 0.5) is 0 Å². The van der Waals surface area contributed by atoms with E-state index in [1.807, 2.05) is 31.2 Å². The molecule has 0 atom stereocenters. The standard InChI is InChI=1S/C18H22BrNO2/c1-13-11-16(20-14(2)18(13)19)5-4-10-22-12-15-6-8-17(21-3)9-7-15/h6-9,11H,4-5,10,12H2,1-3H3. The minimum atomic E-state index is 0.635. The Morgan fingerprint density at radius 2 is 1.86 bits per heavy atom. The highest BCUT2D eigenvalue weighted by molar-refractivity contribution is 9.10. The third-order valence-corrected chi connectivity index (χ3v) is 4.71. The number of halogens is 1. The molecule has 1 heterocycles. The van der Waals surface area contributed by atoms with Crippen LogP contribution in [0.2, 0.25) is 0 Å². The third kappa shape index (κ3) is 4.82. The Balaban J connectivity index is 1.73. The lowest BCUT2D eigenvalue weighted by Gasteiger charge is -2.08. The number of rotatable bonds is 7. The summed E-state index contributed by atoms with van der Waals surface area (Å²) in [4.78, 5) is 4.59. The quantitative estimate of drug-likeness (QED) is 0.672. The second-order valence-electron chi connectivity index (χ2n) is 5.33. The van der Waals surface area contributed by atoms with Crippen molar-refractivity contribution in [3.05, 3.63) is 57.3 Å². The molecule has 3 nitrogen and oxygen atoms in total. The molecular weight excluding hydrogens is 342 g/mol. The summed E-state index contributed by atoms with van der Waals surface area (Å²) >= 11 is 3.55. The number of benzene rings is 1. The fraction of sp³-hybridized carbons (Fsp3) is 0.389. The molecule has 4 heteroatoms. The van der Waals surface area contributed by atoms with Gasteiger partial charge >= 0.3 is 0 Å². The van der Waals surface area contributed by atoms with Gasteiger partial charge < -0.3 is 9.47 Å². The first-order valence-electron chi connectivity index (χ1n) is 7.43. The van der Waals surface area contributed by atoms with Crippen LogP contribution in [0.15, 0.2) is 34.8 Å². The van der Waals surface area contributed by atoms with Crippen LogP contribution in [0.5, 0.6) is 5.75 Å². The molecule has 0 saturated carbocycles. The smallest absolute Gasteiger partial charge is 0.118 e. The predicted octanol–water partition coefficient (Wildman–Crippen LogP) is 4.62. The zero-order chi connectivity index (χ0) is 15.9. The summed E-state index contributed by atoms with van der Waals surface area (Å²) < 4.78 is 12.0. The largest absolute Gasteiger partial charge is 0.497 e. The molecule has 0 aliphatic rings. The van der Waals surface area contributed by atoms with E-state index in [2.05, 4.69) is 33.9 Å². The van der Waals surface area contributed by atoms with Crippen molar-refractivity contribution in [3.8, 4) is 5.75 Å². The lowest BCUT2D eigenvalue weighted by molar-refractivity contribution is 0.118. The van der Waals surface area contributed by atoms with Gasteiger partial charge in [-0.3, -0.25) is 4.98 Å². The molecule has 0 aliphatic carbocycles. The van der Waals surface area contributed by atoms with Crippen molar-refractivity contribution in [1.82, 2.24) is 4.98 Å². The van der Waals surface area contributed by atoms with Gasteiger partial charge in [0, 0.05) is 16.8 Å². The van der Waals surface area contributed by atoms with Gasteiger partial charge in [0.25, 0.3) is 0 Å². The predicted molar refractivity (Wildman–Crippen MR) is 92.4 cm³/mol. The summed E-state index contributed by atoms with van der Waals surface area (Å²) in [6.45, 7) is 5.50. The molecule has 1 aromatic carbocycles. The van der Waals surface area contributed by atoms with Crippen molar-refractivity contribution < 1.29 is 9.47 Å². The second-order valence-corrected chi connectivity index (χ2v) is 6.13. The highest BCUT2D eigenvalue weighted by Gasteiger charge is 2.04. The zero-order valence-electron chi connectivity index (χ0n) is 13.4. The van der Waals surface area contributed by atoms with Crippen LogP contribution in [0.3, 0.4) is 0 Å². The first-order valence-corrected chi connectivity index (χ1v) is 8.22. The number of hydrogen-bond acceptors (Lipinski definition) is 3. The van der Waals surface area contributed by atoms with Crippen molar-refractivity contribution in [3.63, 3.8) is 0 Å². The minimum absolute atomic E-state index is 0.635. The third-order valence-electron chi connectivity index (χ3n) is 3.51. The Morgan fingerprint density at radius 1 is 1.14 bits per heavy atom. The van der Waals surface area contributed by atoms with Gasteiger partial charge in [-0.05, 0) is 71.9 Å². The summed E-state index contributed by atoms with van der Waals surface area (Å²) in [6.07, 6.45) is 1.92. The Morgan fingerprint density at radius 3 is 2.50 bits per heavy atom. The maximum absolute atomic E-state index is 5.72. The normalized spacial score (nSPS) is 10.7. The number of aryl methyl sites for hydroxylation is 3. The number of hydrogen-bond donors (Lipinski definition) is 0. The van der Waals surface area contributed by atoms with Gasteiger partial charge in [0.2, 0.25) is 0 Å². The van der Waals surface area contributed by atoms with Crippen molar-refractivity contribution in [2.24, 2.45) is 0 Å². The van der Waals surface area contributed by atoms with E-state index >= 15 is 0 Å². The molecular formula is C18H22BrNO2. The number of pyridine rings is 1. The fourth-order valence-electron chi connectivity index (χ4n) is 2.29. The Kier molecular flexibility index (Phi) is 6.40. The van der Waals surface area contributed by atoms with E-state index in [4.69, 9.17) is 9.47 Å². The molecule has 0 amide bonds. The Labute approximate surface area is 140 Å². The topological polar surface area (TPSA) is 31.4 Å². The van der Waals surface area contributed by atoms with Gasteiger partial charge in [0.1, 0.15) is 5.75 Å². The maximum Gasteiger partial charge on any atom is 0.118 e. The van der Waals surface area contributed by atoms with Crippen LogP contribution in [-0.4, -0.2) is 18.7 Å². The molecule has 0 fully saturated rings. The van der Waals surface area contributed by atoms with E-state index in [0.29, 0.717) is 6.61 Å². The number of nitrogens with zero attached hydrogens (tertiary/aromatic N) is 1. The first-order chi connectivity index (χ1) is 10.6. The van der Waals surface area contributed by atoms with Crippen LogP contribution < -0.4 is 4.74 Å². The average molecular weight is 364 g/mol. The summed E-state index contributed by atoms with van der Waals surface area (Å²) in [5, 5.41) is 0. The number of methoxy groups -OCH3 is 1. The van der Waals surface area contributed by atoms with Gasteiger partial charge in [-0.25, -0.2) is 0 Å². The molecule has 0 radical (unpaired) electrons. The lowest BCUT2D eigenvalue weighted by atomic mass is 10.1. The fourth-order valence-corrected chi connectivity index (χ4v) is 2.49. The van der Waals surface area contributed by atoms with Crippen molar-refractivity contribution >= 4 is 15.9 Å². The zero-order valence-corrected chi connectivity index (χ0v) is 14.9. The maximum atomic E-state index is 5.72. The molecule has 0 aliphatic heterocycles. The highest BCUT2D eigenvalue weighted by atomic mass is 79.9. The van der Waals surface area contributed by atoms with Crippen molar-refractivity contribution in [2.45, 2.75) is 33.3 Å². The molecule has 0 spiro atoms. The Hall–Kier alpha value is -1.39.